The topological polar surface area (TPSA) is 126 Å². The van der Waals surface area contributed by atoms with Gasteiger partial charge in [0.2, 0.25) is 5.96 Å². The predicted molar refractivity (Wildman–Crippen MR) is 137 cm³/mol. The Kier molecular flexibility index (Phi) is 7.30. The molecule has 1 saturated heterocycles. The van der Waals surface area contributed by atoms with E-state index in [-0.39, 0.29) is 22.8 Å². The molecule has 3 aromatic rings. The van der Waals surface area contributed by atoms with Gasteiger partial charge in [0.1, 0.15) is 5.00 Å². The van der Waals surface area contributed by atoms with Gasteiger partial charge in [-0.3, -0.25) is 4.79 Å². The second-order valence-electron chi connectivity index (χ2n) is 8.13. The Morgan fingerprint density at radius 2 is 1.88 bits per heavy atom. The Hall–Kier alpha value is -3.21. The zero-order valence-corrected chi connectivity index (χ0v) is 20.4. The van der Waals surface area contributed by atoms with Gasteiger partial charge in [0.15, 0.2) is 0 Å². The van der Waals surface area contributed by atoms with Gasteiger partial charge in [-0.05, 0) is 50.1 Å². The Morgan fingerprint density at radius 3 is 2.56 bits per heavy atom. The van der Waals surface area contributed by atoms with Crippen molar-refractivity contribution in [1.29, 1.82) is 0 Å². The Labute approximate surface area is 203 Å². The molecule has 1 aliphatic heterocycles. The molecule has 0 bridgehead atoms. The highest BCUT2D eigenvalue weighted by atomic mass is 32.2. The first-order valence-electron chi connectivity index (χ1n) is 11.0. The van der Waals surface area contributed by atoms with Gasteiger partial charge in [-0.25, -0.2) is 0 Å². The van der Waals surface area contributed by atoms with Crippen LogP contribution >= 0.6 is 11.3 Å². The number of guanidine groups is 1. The smallest absolute Gasteiger partial charge is 0.285 e. The summed E-state index contributed by atoms with van der Waals surface area (Å²) in [5.41, 5.74) is 8.25. The van der Waals surface area contributed by atoms with E-state index in [1.165, 1.54) is 23.5 Å². The molecule has 0 unspecified atom stereocenters. The van der Waals surface area contributed by atoms with Crippen molar-refractivity contribution in [1.82, 2.24) is 10.6 Å². The van der Waals surface area contributed by atoms with Gasteiger partial charge in [-0.1, -0.05) is 48.0 Å². The molecular weight excluding hydrogens is 470 g/mol. The van der Waals surface area contributed by atoms with Gasteiger partial charge in [0.25, 0.3) is 15.9 Å². The lowest BCUT2D eigenvalue weighted by molar-refractivity contribution is 0.0932. The summed E-state index contributed by atoms with van der Waals surface area (Å²) in [6.07, 6.45) is 1.89. The lowest BCUT2D eigenvalue weighted by Gasteiger charge is -2.23. The van der Waals surface area contributed by atoms with Crippen LogP contribution < -0.4 is 21.7 Å². The highest BCUT2D eigenvalue weighted by Crippen LogP contribution is 2.35. The molecular formula is C24H27N5O3S2. The zero-order valence-electron chi connectivity index (χ0n) is 18.7. The molecule has 0 spiro atoms. The van der Waals surface area contributed by atoms with Crippen LogP contribution in [0.15, 0.2) is 70.0 Å². The number of aryl methyl sites for hydroxylation is 1. The molecule has 178 valence electrons. The molecule has 1 fully saturated rings. The molecule has 4 rings (SSSR count). The molecule has 8 nitrogen and oxygen atoms in total. The molecule has 10 heteroatoms. The van der Waals surface area contributed by atoms with Gasteiger partial charge >= 0.3 is 0 Å². The third kappa shape index (κ3) is 5.82. The number of piperidine rings is 1. The quantitative estimate of drug-likeness (QED) is 0.306. The van der Waals surface area contributed by atoms with E-state index in [1.54, 1.807) is 18.2 Å². The molecule has 2 aromatic carbocycles. The number of hydrogen-bond donors (Lipinski definition) is 4. The largest absolute Gasteiger partial charge is 0.369 e. The third-order valence-electron chi connectivity index (χ3n) is 5.45. The van der Waals surface area contributed by atoms with Crippen molar-refractivity contribution in [2.24, 2.45) is 10.1 Å². The molecule has 0 radical (unpaired) electrons. The highest BCUT2D eigenvalue weighted by molar-refractivity contribution is 7.90. The number of nitrogens with one attached hydrogen (secondary N) is 3. The first-order chi connectivity index (χ1) is 16.3. The van der Waals surface area contributed by atoms with E-state index in [9.17, 15) is 13.2 Å². The third-order valence-corrected chi connectivity index (χ3v) is 7.85. The number of thiophene rings is 1. The van der Waals surface area contributed by atoms with Crippen LogP contribution in [-0.2, 0) is 10.0 Å². The minimum atomic E-state index is -4.00. The number of rotatable bonds is 6. The van der Waals surface area contributed by atoms with Crippen LogP contribution in [0.2, 0.25) is 0 Å². The minimum absolute atomic E-state index is 0.0297. The average molecular weight is 498 g/mol. The number of sulfonamides is 1. The summed E-state index contributed by atoms with van der Waals surface area (Å²) in [6, 6.07) is 17.8. The summed E-state index contributed by atoms with van der Waals surface area (Å²) in [4.78, 5) is 14.0. The van der Waals surface area contributed by atoms with Crippen molar-refractivity contribution in [3.63, 3.8) is 0 Å². The molecule has 2 heterocycles. The number of anilines is 1. The van der Waals surface area contributed by atoms with Gasteiger partial charge in [-0.2, -0.15) is 8.42 Å². The van der Waals surface area contributed by atoms with Crippen LogP contribution in [0.25, 0.3) is 10.4 Å². The summed E-state index contributed by atoms with van der Waals surface area (Å²) in [6.45, 7) is 3.52. The molecule has 1 aliphatic rings. The lowest BCUT2D eigenvalue weighted by Crippen LogP contribution is -2.45. The second-order valence-corrected chi connectivity index (χ2v) is 10.8. The first-order valence-corrected chi connectivity index (χ1v) is 13.2. The number of nitrogens with two attached hydrogens (primary N) is 1. The van der Waals surface area contributed by atoms with E-state index in [0.717, 1.165) is 35.4 Å². The maximum atomic E-state index is 13.1. The molecule has 1 amide bonds. The SMILES string of the molecule is Cc1ccc(S(=O)(=O)N=C(N)Nc2sc(-c3ccccc3)cc2C(=O)N[C@H]2CCCNC2)cc1. The van der Waals surface area contributed by atoms with Crippen LogP contribution in [0.4, 0.5) is 5.00 Å². The summed E-state index contributed by atoms with van der Waals surface area (Å²) in [7, 11) is -4.00. The van der Waals surface area contributed by atoms with E-state index in [2.05, 4.69) is 20.3 Å². The van der Waals surface area contributed by atoms with Crippen molar-refractivity contribution in [3.8, 4) is 10.4 Å². The van der Waals surface area contributed by atoms with E-state index in [4.69, 9.17) is 5.73 Å². The van der Waals surface area contributed by atoms with Crippen molar-refractivity contribution in [2.45, 2.75) is 30.7 Å². The van der Waals surface area contributed by atoms with Crippen molar-refractivity contribution in [3.05, 3.63) is 71.8 Å². The Balaban J connectivity index is 1.62. The average Bonchev–Trinajstić information content (AvgIpc) is 3.24. The van der Waals surface area contributed by atoms with Gasteiger partial charge in [-0.15, -0.1) is 15.7 Å². The second kappa shape index (κ2) is 10.4. The molecule has 0 saturated carbocycles. The van der Waals surface area contributed by atoms with Crippen molar-refractivity contribution >= 4 is 38.2 Å². The fraction of sp³-hybridized carbons (Fsp3) is 0.250. The normalized spacial score (nSPS) is 16.7. The number of carbonyl (C=O) groups excluding carboxylic acids is 1. The summed E-state index contributed by atoms with van der Waals surface area (Å²) >= 11 is 1.31. The van der Waals surface area contributed by atoms with Crippen LogP contribution in [0, 0.1) is 6.92 Å². The maximum absolute atomic E-state index is 13.1. The van der Waals surface area contributed by atoms with Crippen molar-refractivity contribution in [2.75, 3.05) is 18.4 Å². The standard InChI is InChI=1S/C24H27N5O3S2/c1-16-9-11-19(12-10-16)34(31,32)29-24(25)28-23-20(22(30)27-18-8-5-13-26-15-18)14-21(33-23)17-6-3-2-4-7-17/h2-4,6-7,9-12,14,18,26H,5,8,13,15H2,1H3,(H,27,30)(H3,25,28,29)/t18-/m0/s1. The van der Waals surface area contributed by atoms with Crippen LogP contribution in [0.5, 0.6) is 0 Å². The number of carbonyl (C=O) groups is 1. The number of hydrogen-bond acceptors (Lipinski definition) is 5. The number of nitrogens with zero attached hydrogens (tertiary/aromatic N) is 1. The van der Waals surface area contributed by atoms with Gasteiger partial charge in [0, 0.05) is 17.5 Å². The number of benzene rings is 2. The van der Waals surface area contributed by atoms with E-state index >= 15 is 0 Å². The zero-order chi connectivity index (χ0) is 24.1. The van der Waals surface area contributed by atoms with Crippen LogP contribution in [-0.4, -0.2) is 39.4 Å². The fourth-order valence-electron chi connectivity index (χ4n) is 3.67. The Morgan fingerprint density at radius 1 is 1.15 bits per heavy atom. The predicted octanol–water partition coefficient (Wildman–Crippen LogP) is 3.32. The molecule has 5 N–H and O–H groups in total. The number of amides is 1. The molecule has 0 aliphatic carbocycles. The van der Waals surface area contributed by atoms with Crippen LogP contribution in [0.1, 0.15) is 28.8 Å². The summed E-state index contributed by atoms with van der Waals surface area (Å²) in [5.74, 6) is -0.556. The maximum Gasteiger partial charge on any atom is 0.285 e. The summed E-state index contributed by atoms with van der Waals surface area (Å²) in [5, 5.41) is 9.62. The van der Waals surface area contributed by atoms with E-state index < -0.39 is 10.0 Å². The molecule has 1 aromatic heterocycles. The monoisotopic (exact) mass is 497 g/mol. The minimum Gasteiger partial charge on any atom is -0.369 e. The highest BCUT2D eigenvalue weighted by Gasteiger charge is 2.22. The van der Waals surface area contributed by atoms with E-state index in [0.29, 0.717) is 17.1 Å². The molecule has 1 atom stereocenters. The summed E-state index contributed by atoms with van der Waals surface area (Å²) < 4.78 is 29.0. The van der Waals surface area contributed by atoms with Gasteiger partial charge < -0.3 is 21.7 Å². The van der Waals surface area contributed by atoms with Gasteiger partial charge in [0.05, 0.1) is 10.5 Å². The lowest BCUT2D eigenvalue weighted by atomic mass is 10.1. The first kappa shape index (κ1) is 23.9. The van der Waals surface area contributed by atoms with E-state index in [1.807, 2.05) is 37.3 Å². The Bertz CT molecular complexity index is 1280. The van der Waals surface area contributed by atoms with Crippen molar-refractivity contribution < 1.29 is 13.2 Å². The molecule has 34 heavy (non-hydrogen) atoms. The van der Waals surface area contributed by atoms with Crippen LogP contribution in [0.3, 0.4) is 0 Å². The fourth-order valence-corrected chi connectivity index (χ4v) is 5.62.